The summed E-state index contributed by atoms with van der Waals surface area (Å²) in [7, 11) is 0. The lowest BCUT2D eigenvalue weighted by molar-refractivity contribution is -0.0895. The third kappa shape index (κ3) is 6.36. The molecule has 0 bridgehead atoms. The van der Waals surface area contributed by atoms with Gasteiger partial charge in [0.1, 0.15) is 12.7 Å². The Balaban J connectivity index is 1.42. The molecule has 4 atom stereocenters. The number of hydrogen-bond acceptors (Lipinski definition) is 10. The SMILES string of the molecule is N=C1CN([C@@H]2O[C@H](COC(=O)c3ccccc3)[C@@H](OC(=O)c3ccccc3)[C@H]2OC(=O)c2ccccc2)CS1. The van der Waals surface area contributed by atoms with Crippen molar-refractivity contribution >= 4 is 34.7 Å². The topological polar surface area (TPSA) is 115 Å². The first-order valence-corrected chi connectivity index (χ1v) is 13.3. The van der Waals surface area contributed by atoms with Gasteiger partial charge >= 0.3 is 17.9 Å². The number of rotatable bonds is 8. The van der Waals surface area contributed by atoms with E-state index in [9.17, 15) is 14.4 Å². The predicted molar refractivity (Wildman–Crippen MR) is 144 cm³/mol. The van der Waals surface area contributed by atoms with E-state index in [4.69, 9.17) is 24.4 Å². The van der Waals surface area contributed by atoms with Crippen LogP contribution < -0.4 is 0 Å². The van der Waals surface area contributed by atoms with Gasteiger partial charge in [-0.2, -0.15) is 0 Å². The predicted octanol–water partition coefficient (Wildman–Crippen LogP) is 4.00. The molecule has 200 valence electrons. The summed E-state index contributed by atoms with van der Waals surface area (Å²) in [5.41, 5.74) is 1.00. The molecule has 0 radical (unpaired) electrons. The summed E-state index contributed by atoms with van der Waals surface area (Å²) in [5.74, 6) is -1.38. The standard InChI is InChI=1S/C29H26N2O7S/c30-23-16-31(18-39-23)26-25(38-29(34)21-14-8-3-9-15-21)24(37-28(33)20-12-6-2-7-13-20)22(36-26)17-35-27(32)19-10-4-1-5-11-19/h1-15,22,24-26,30H,16-18H2/t22-,24-,25-,26-/m1/s1. The maximum absolute atomic E-state index is 13.1. The molecule has 3 aromatic carbocycles. The first kappa shape index (κ1) is 26.6. The molecule has 0 saturated carbocycles. The molecule has 0 amide bonds. The molecule has 3 aromatic rings. The highest BCUT2D eigenvalue weighted by Crippen LogP contribution is 2.34. The molecule has 2 fully saturated rings. The highest BCUT2D eigenvalue weighted by atomic mass is 32.2. The minimum atomic E-state index is -1.08. The van der Waals surface area contributed by atoms with E-state index in [1.54, 1.807) is 91.0 Å². The summed E-state index contributed by atoms with van der Waals surface area (Å²) in [4.78, 5) is 40.7. The van der Waals surface area contributed by atoms with Gasteiger partial charge < -0.3 is 18.9 Å². The van der Waals surface area contributed by atoms with Crippen LogP contribution in [0, 0.1) is 5.41 Å². The van der Waals surface area contributed by atoms with E-state index in [-0.39, 0.29) is 13.2 Å². The maximum atomic E-state index is 13.1. The van der Waals surface area contributed by atoms with Crippen molar-refractivity contribution in [3.05, 3.63) is 108 Å². The summed E-state index contributed by atoms with van der Waals surface area (Å²) in [6, 6.07) is 25.4. The minimum Gasteiger partial charge on any atom is -0.459 e. The van der Waals surface area contributed by atoms with E-state index in [0.29, 0.717) is 27.6 Å². The quantitative estimate of drug-likeness (QED) is 0.331. The van der Waals surface area contributed by atoms with Crippen molar-refractivity contribution < 1.29 is 33.3 Å². The fourth-order valence-corrected chi connectivity index (χ4v) is 5.17. The number of esters is 3. The van der Waals surface area contributed by atoms with Crippen LogP contribution in [-0.2, 0) is 18.9 Å². The number of hydrogen-bond donors (Lipinski definition) is 1. The van der Waals surface area contributed by atoms with Gasteiger partial charge in [0.15, 0.2) is 18.4 Å². The van der Waals surface area contributed by atoms with Gasteiger partial charge in [-0.15, -0.1) is 0 Å². The van der Waals surface area contributed by atoms with Crippen LogP contribution in [0.1, 0.15) is 31.1 Å². The molecule has 39 heavy (non-hydrogen) atoms. The number of carbonyl (C=O) groups is 3. The van der Waals surface area contributed by atoms with Gasteiger partial charge in [0.2, 0.25) is 0 Å². The molecular weight excluding hydrogens is 520 g/mol. The van der Waals surface area contributed by atoms with Gasteiger partial charge in [-0.1, -0.05) is 66.4 Å². The van der Waals surface area contributed by atoms with Gasteiger partial charge in [-0.3, -0.25) is 10.3 Å². The zero-order chi connectivity index (χ0) is 27.2. The largest absolute Gasteiger partial charge is 0.459 e. The van der Waals surface area contributed by atoms with E-state index in [2.05, 4.69) is 0 Å². The smallest absolute Gasteiger partial charge is 0.338 e. The van der Waals surface area contributed by atoms with Crippen molar-refractivity contribution in [1.29, 1.82) is 5.41 Å². The highest BCUT2D eigenvalue weighted by molar-refractivity contribution is 8.14. The molecule has 10 heteroatoms. The lowest BCUT2D eigenvalue weighted by Crippen LogP contribution is -2.47. The van der Waals surface area contributed by atoms with E-state index >= 15 is 0 Å². The fourth-order valence-electron chi connectivity index (χ4n) is 4.35. The van der Waals surface area contributed by atoms with Gasteiger partial charge in [0.05, 0.1) is 27.6 Å². The molecule has 2 heterocycles. The van der Waals surface area contributed by atoms with E-state index in [1.165, 1.54) is 11.8 Å². The minimum absolute atomic E-state index is 0.241. The van der Waals surface area contributed by atoms with Crippen molar-refractivity contribution in [2.45, 2.75) is 24.5 Å². The number of nitrogens with zero attached hydrogens (tertiary/aromatic N) is 1. The first-order valence-electron chi connectivity index (χ1n) is 12.3. The second-order valence-electron chi connectivity index (χ2n) is 8.94. The van der Waals surface area contributed by atoms with Crippen molar-refractivity contribution in [1.82, 2.24) is 4.90 Å². The lowest BCUT2D eigenvalue weighted by Gasteiger charge is -2.28. The zero-order valence-corrected chi connectivity index (χ0v) is 21.6. The third-order valence-corrected chi connectivity index (χ3v) is 7.23. The third-order valence-electron chi connectivity index (χ3n) is 6.29. The van der Waals surface area contributed by atoms with Crippen LogP contribution in [0.15, 0.2) is 91.0 Å². The Bertz CT molecular complexity index is 1320. The summed E-state index contributed by atoms with van der Waals surface area (Å²) in [6.45, 7) is 0.0410. The maximum Gasteiger partial charge on any atom is 0.338 e. The molecule has 9 nitrogen and oxygen atoms in total. The number of benzene rings is 3. The number of thioether (sulfide) groups is 1. The summed E-state index contributed by atoms with van der Waals surface area (Å²) < 4.78 is 23.6. The number of carbonyl (C=O) groups excluding carboxylic acids is 3. The Morgan fingerprint density at radius 2 is 1.26 bits per heavy atom. The van der Waals surface area contributed by atoms with Gasteiger partial charge in [-0.25, -0.2) is 14.4 Å². The second-order valence-corrected chi connectivity index (χ2v) is 9.98. The number of ether oxygens (including phenoxy) is 4. The molecule has 2 aliphatic heterocycles. The van der Waals surface area contributed by atoms with Crippen LogP contribution in [0.4, 0.5) is 0 Å². The van der Waals surface area contributed by atoms with Crippen LogP contribution >= 0.6 is 11.8 Å². The molecule has 2 aliphatic rings. The Morgan fingerprint density at radius 1 is 0.769 bits per heavy atom. The number of nitrogens with one attached hydrogen (secondary N) is 1. The molecule has 2 saturated heterocycles. The van der Waals surface area contributed by atoms with Gasteiger partial charge in [0.25, 0.3) is 0 Å². The first-order chi connectivity index (χ1) is 19.0. The van der Waals surface area contributed by atoms with Crippen LogP contribution in [0.3, 0.4) is 0 Å². The van der Waals surface area contributed by atoms with Crippen molar-refractivity contribution in [2.75, 3.05) is 19.0 Å². The molecule has 5 rings (SSSR count). The average Bonchev–Trinajstić information content (AvgIpc) is 3.56. The van der Waals surface area contributed by atoms with E-state index in [0.717, 1.165) is 0 Å². The van der Waals surface area contributed by atoms with Crippen LogP contribution in [-0.4, -0.2) is 71.4 Å². The summed E-state index contributed by atoms with van der Waals surface area (Å²) >= 11 is 1.33. The van der Waals surface area contributed by atoms with E-state index < -0.39 is 42.4 Å². The fraction of sp³-hybridized carbons (Fsp3) is 0.241. The second kappa shape index (κ2) is 12.2. The molecule has 0 spiro atoms. The normalized spacial score (nSPS) is 22.8. The molecule has 1 N–H and O–H groups in total. The molecule has 0 aliphatic carbocycles. The Labute approximate surface area is 229 Å². The average molecular weight is 547 g/mol. The Hall–Kier alpha value is -3.99. The summed E-state index contributed by atoms with van der Waals surface area (Å²) in [6.07, 6.45) is -3.89. The van der Waals surface area contributed by atoms with Crippen molar-refractivity contribution in [3.63, 3.8) is 0 Å². The molecular formula is C29H26N2O7S. The lowest BCUT2D eigenvalue weighted by atomic mass is 10.1. The van der Waals surface area contributed by atoms with Gasteiger partial charge in [0, 0.05) is 6.54 Å². The van der Waals surface area contributed by atoms with Crippen molar-refractivity contribution in [3.8, 4) is 0 Å². The molecule has 0 unspecified atom stereocenters. The van der Waals surface area contributed by atoms with E-state index in [1.807, 2.05) is 4.90 Å². The summed E-state index contributed by atoms with van der Waals surface area (Å²) in [5, 5.41) is 8.48. The Morgan fingerprint density at radius 3 is 1.74 bits per heavy atom. The van der Waals surface area contributed by atoms with Crippen LogP contribution in [0.25, 0.3) is 0 Å². The monoisotopic (exact) mass is 546 g/mol. The zero-order valence-electron chi connectivity index (χ0n) is 20.8. The van der Waals surface area contributed by atoms with Crippen LogP contribution in [0.2, 0.25) is 0 Å². The molecule has 0 aromatic heterocycles. The van der Waals surface area contributed by atoms with Crippen molar-refractivity contribution in [2.24, 2.45) is 0 Å². The highest BCUT2D eigenvalue weighted by Gasteiger charge is 2.53. The Kier molecular flexibility index (Phi) is 8.36. The van der Waals surface area contributed by atoms with Gasteiger partial charge in [-0.05, 0) is 36.4 Å². The van der Waals surface area contributed by atoms with Crippen LogP contribution in [0.5, 0.6) is 0 Å².